The second-order valence-electron chi connectivity index (χ2n) is 3.74. The summed E-state index contributed by atoms with van der Waals surface area (Å²) in [7, 11) is -3.52. The minimum absolute atomic E-state index is 0.389. The Hall–Kier alpha value is -1.69. The van der Waals surface area contributed by atoms with Crippen LogP contribution >= 0.6 is 0 Å². The molecular formula is C11H13N3O2S. The van der Waals surface area contributed by atoms with Crippen molar-refractivity contribution in [1.29, 1.82) is 0 Å². The predicted octanol–water partition coefficient (Wildman–Crippen LogP) is 1.16. The summed E-state index contributed by atoms with van der Waals surface area (Å²) >= 11 is 0. The maximum Gasteiger partial charge on any atom is 0.344 e. The molecule has 0 aliphatic carbocycles. The zero-order chi connectivity index (χ0) is 12.3. The molecule has 1 aliphatic rings. The van der Waals surface area contributed by atoms with Crippen molar-refractivity contribution in [2.75, 3.05) is 6.54 Å². The Kier molecular flexibility index (Phi) is 3.23. The number of hydrogen-bond acceptors (Lipinski definition) is 3. The smallest absolute Gasteiger partial charge is 0.265 e. The molecule has 0 spiro atoms. The third-order valence-electron chi connectivity index (χ3n) is 2.41. The van der Waals surface area contributed by atoms with Crippen LogP contribution < -0.4 is 0 Å². The molecule has 0 N–H and O–H groups in total. The lowest BCUT2D eigenvalue weighted by Crippen LogP contribution is -2.29. The van der Waals surface area contributed by atoms with E-state index in [1.165, 1.54) is 4.31 Å². The van der Waals surface area contributed by atoms with Crippen LogP contribution in [0.5, 0.6) is 0 Å². The second kappa shape index (κ2) is 4.67. The molecule has 0 amide bonds. The molecule has 1 aliphatic heterocycles. The van der Waals surface area contributed by atoms with Crippen LogP contribution in [-0.2, 0) is 16.6 Å². The van der Waals surface area contributed by atoms with Crippen molar-refractivity contribution in [3.05, 3.63) is 42.4 Å². The third kappa shape index (κ3) is 2.91. The van der Waals surface area contributed by atoms with E-state index in [9.17, 15) is 8.42 Å². The quantitative estimate of drug-likeness (QED) is 0.809. The molecular weight excluding hydrogens is 238 g/mol. The molecule has 0 fully saturated rings. The maximum atomic E-state index is 11.7. The Morgan fingerprint density at radius 3 is 2.65 bits per heavy atom. The summed E-state index contributed by atoms with van der Waals surface area (Å²) in [6.07, 6.45) is 7.27. The second-order valence-corrected chi connectivity index (χ2v) is 5.29. The first kappa shape index (κ1) is 11.8. The molecule has 0 saturated heterocycles. The van der Waals surface area contributed by atoms with Crippen molar-refractivity contribution in [2.45, 2.75) is 13.3 Å². The van der Waals surface area contributed by atoms with Gasteiger partial charge in [-0.2, -0.15) is 12.8 Å². The van der Waals surface area contributed by atoms with Crippen molar-refractivity contribution in [3.63, 3.8) is 0 Å². The summed E-state index contributed by atoms with van der Waals surface area (Å²) in [5, 5.41) is 0. The van der Waals surface area contributed by atoms with E-state index in [1.807, 2.05) is 12.1 Å². The molecule has 1 aromatic heterocycles. The summed E-state index contributed by atoms with van der Waals surface area (Å²) in [6.45, 7) is 2.05. The number of allylic oxidation sites excluding steroid dienone is 1. The molecule has 0 unspecified atom stereocenters. The normalized spacial score (nSPS) is 17.9. The minimum Gasteiger partial charge on any atom is -0.265 e. The fourth-order valence-corrected chi connectivity index (χ4v) is 2.58. The molecule has 90 valence electrons. The molecule has 0 saturated carbocycles. The molecule has 2 heterocycles. The number of pyridine rings is 1. The Labute approximate surface area is 101 Å². The molecule has 0 radical (unpaired) electrons. The van der Waals surface area contributed by atoms with Crippen LogP contribution in [0.15, 0.2) is 41.2 Å². The van der Waals surface area contributed by atoms with Gasteiger partial charge < -0.3 is 0 Å². The molecule has 1 aromatic rings. The van der Waals surface area contributed by atoms with Gasteiger partial charge in [-0.05, 0) is 37.1 Å². The van der Waals surface area contributed by atoms with E-state index < -0.39 is 10.2 Å². The summed E-state index contributed by atoms with van der Waals surface area (Å²) in [5.74, 6) is 0. The Morgan fingerprint density at radius 1 is 1.29 bits per heavy atom. The number of aromatic nitrogens is 1. The van der Waals surface area contributed by atoms with Gasteiger partial charge in [-0.3, -0.25) is 9.29 Å². The minimum atomic E-state index is -3.52. The molecule has 0 aromatic carbocycles. The van der Waals surface area contributed by atoms with Crippen molar-refractivity contribution < 1.29 is 8.42 Å². The van der Waals surface area contributed by atoms with Crippen LogP contribution in [0, 0.1) is 0 Å². The van der Waals surface area contributed by atoms with E-state index in [4.69, 9.17) is 0 Å². The van der Waals surface area contributed by atoms with E-state index in [2.05, 4.69) is 9.38 Å². The van der Waals surface area contributed by atoms with E-state index in [1.54, 1.807) is 31.6 Å². The highest BCUT2D eigenvalue weighted by atomic mass is 32.2. The van der Waals surface area contributed by atoms with E-state index in [-0.39, 0.29) is 0 Å². The van der Waals surface area contributed by atoms with Gasteiger partial charge in [0, 0.05) is 25.1 Å². The van der Waals surface area contributed by atoms with Gasteiger partial charge in [0.25, 0.3) is 0 Å². The van der Waals surface area contributed by atoms with Gasteiger partial charge in [-0.1, -0.05) is 0 Å². The highest BCUT2D eigenvalue weighted by Gasteiger charge is 2.19. The van der Waals surface area contributed by atoms with Gasteiger partial charge in [0.15, 0.2) is 0 Å². The van der Waals surface area contributed by atoms with Crippen LogP contribution in [0.3, 0.4) is 0 Å². The first-order valence-corrected chi connectivity index (χ1v) is 6.63. The lowest BCUT2D eigenvalue weighted by atomic mass is 10.2. The van der Waals surface area contributed by atoms with Crippen LogP contribution in [0.1, 0.15) is 12.5 Å². The Morgan fingerprint density at radius 2 is 2.00 bits per heavy atom. The number of nitrogens with zero attached hydrogens (tertiary/aromatic N) is 3. The van der Waals surface area contributed by atoms with Crippen LogP contribution in [-0.4, -0.2) is 30.0 Å². The zero-order valence-corrected chi connectivity index (χ0v) is 10.3. The van der Waals surface area contributed by atoms with E-state index >= 15 is 0 Å². The van der Waals surface area contributed by atoms with Gasteiger partial charge in [0.1, 0.15) is 0 Å². The first-order chi connectivity index (χ1) is 8.08. The Bertz CT molecular complexity index is 549. The zero-order valence-electron chi connectivity index (χ0n) is 9.44. The van der Waals surface area contributed by atoms with E-state index in [0.29, 0.717) is 18.7 Å². The Balaban J connectivity index is 2.04. The maximum absolute atomic E-state index is 11.7. The largest absolute Gasteiger partial charge is 0.344 e. The third-order valence-corrected chi connectivity index (χ3v) is 3.82. The van der Waals surface area contributed by atoms with Gasteiger partial charge in [0.2, 0.25) is 0 Å². The first-order valence-electron chi connectivity index (χ1n) is 5.23. The average Bonchev–Trinajstić information content (AvgIpc) is 2.28. The van der Waals surface area contributed by atoms with Crippen LogP contribution in [0.2, 0.25) is 0 Å². The molecule has 6 heteroatoms. The summed E-state index contributed by atoms with van der Waals surface area (Å²) in [6, 6.07) is 3.74. The van der Waals surface area contributed by atoms with Crippen molar-refractivity contribution in [1.82, 2.24) is 9.29 Å². The van der Waals surface area contributed by atoms with Gasteiger partial charge in [-0.15, -0.1) is 0 Å². The molecule has 2 rings (SSSR count). The lowest BCUT2D eigenvalue weighted by molar-refractivity contribution is 0.500. The predicted molar refractivity (Wildman–Crippen MR) is 65.8 cm³/mol. The number of rotatable bonds is 3. The summed E-state index contributed by atoms with van der Waals surface area (Å²) in [4.78, 5) is 3.91. The topological polar surface area (TPSA) is 62.6 Å². The summed E-state index contributed by atoms with van der Waals surface area (Å²) in [5.41, 5.74) is 1.56. The molecule has 0 atom stereocenters. The monoisotopic (exact) mass is 251 g/mol. The standard InChI is InChI=1S/C11H13N3O2S/c1-10-4-8-14(17(15,16)13-10)9-5-11-2-6-12-7-3-11/h2-4,6-8H,5,9H2,1H3. The fourth-order valence-electron chi connectivity index (χ4n) is 1.51. The van der Waals surface area contributed by atoms with Gasteiger partial charge in [-0.25, -0.2) is 0 Å². The summed E-state index contributed by atoms with van der Waals surface area (Å²) < 4.78 is 28.3. The van der Waals surface area contributed by atoms with Crippen LogP contribution in [0.4, 0.5) is 0 Å². The van der Waals surface area contributed by atoms with E-state index in [0.717, 1.165) is 5.56 Å². The highest BCUT2D eigenvalue weighted by Crippen LogP contribution is 2.11. The molecule has 17 heavy (non-hydrogen) atoms. The average molecular weight is 251 g/mol. The molecule has 5 nitrogen and oxygen atoms in total. The van der Waals surface area contributed by atoms with Gasteiger partial charge in [0.05, 0.1) is 5.71 Å². The fraction of sp³-hybridized carbons (Fsp3) is 0.273. The van der Waals surface area contributed by atoms with Crippen molar-refractivity contribution in [3.8, 4) is 0 Å². The number of hydrogen-bond donors (Lipinski definition) is 0. The molecule has 0 bridgehead atoms. The highest BCUT2D eigenvalue weighted by molar-refractivity contribution is 7.88. The van der Waals surface area contributed by atoms with Crippen LogP contribution in [0.25, 0.3) is 0 Å². The van der Waals surface area contributed by atoms with Gasteiger partial charge >= 0.3 is 10.2 Å². The van der Waals surface area contributed by atoms with Crippen molar-refractivity contribution >= 4 is 15.9 Å². The van der Waals surface area contributed by atoms with Crippen molar-refractivity contribution in [2.24, 2.45) is 4.40 Å². The lowest BCUT2D eigenvalue weighted by Gasteiger charge is -2.20. The SMILES string of the molecule is CC1=NS(=O)(=O)N(CCc2ccncc2)C=C1.